The van der Waals surface area contributed by atoms with Crippen LogP contribution in [0, 0.1) is 0 Å². The van der Waals surface area contributed by atoms with Crippen molar-refractivity contribution in [2.24, 2.45) is 0 Å². The molecule has 1 aliphatic heterocycles. The van der Waals surface area contributed by atoms with E-state index >= 15 is 0 Å². The Labute approximate surface area is 177 Å². The van der Waals surface area contributed by atoms with E-state index < -0.39 is 9.84 Å². The van der Waals surface area contributed by atoms with Crippen molar-refractivity contribution in [3.63, 3.8) is 0 Å². The van der Waals surface area contributed by atoms with Gasteiger partial charge in [-0.15, -0.1) is 0 Å². The number of nitrogens with one attached hydrogen (secondary N) is 1. The topological polar surface area (TPSA) is 105 Å². The molecule has 2 heterocycles. The molecular formula is C20H27N5O4S. The number of nitrogens with zero attached hydrogens (tertiary/aromatic N) is 4. The summed E-state index contributed by atoms with van der Waals surface area (Å²) in [5.41, 5.74) is 1.90. The Kier molecular flexibility index (Phi) is 6.57. The number of rotatable bonds is 5. The van der Waals surface area contributed by atoms with Gasteiger partial charge in [-0.2, -0.15) is 0 Å². The monoisotopic (exact) mass is 433 g/mol. The highest BCUT2D eigenvalue weighted by Crippen LogP contribution is 2.25. The molecule has 0 aliphatic carbocycles. The first-order valence-electron chi connectivity index (χ1n) is 9.64. The number of amides is 2. The Morgan fingerprint density at radius 3 is 2.60 bits per heavy atom. The van der Waals surface area contributed by atoms with E-state index in [1.807, 2.05) is 19.1 Å². The van der Waals surface area contributed by atoms with Crippen LogP contribution in [0.3, 0.4) is 0 Å². The molecule has 3 rings (SSSR count). The standard InChI is InChI=1S/C20H27N5O4S/c1-14-12-29-10-9-25(14)18-11-16(13-30(4,27)28)22-19(23-18)15-5-7-17(8-6-15)24(3)20(26)21-2/h5-8,11,14H,9-10,12-13H2,1-4H3,(H,21,26)/t14-/m0/s1. The van der Waals surface area contributed by atoms with Gasteiger partial charge in [0.05, 0.1) is 30.7 Å². The van der Waals surface area contributed by atoms with Crippen LogP contribution >= 0.6 is 0 Å². The zero-order valence-electron chi connectivity index (χ0n) is 17.6. The van der Waals surface area contributed by atoms with Crippen molar-refractivity contribution in [2.45, 2.75) is 18.7 Å². The molecule has 0 bridgehead atoms. The molecule has 0 radical (unpaired) electrons. The fourth-order valence-corrected chi connectivity index (χ4v) is 3.97. The molecular weight excluding hydrogens is 406 g/mol. The molecule has 1 aromatic carbocycles. The molecule has 2 aromatic rings. The smallest absolute Gasteiger partial charge is 0.321 e. The summed E-state index contributed by atoms with van der Waals surface area (Å²) in [6, 6.07) is 8.87. The molecule has 1 fully saturated rings. The third-order valence-corrected chi connectivity index (χ3v) is 5.69. The number of anilines is 2. The number of hydrogen-bond donors (Lipinski definition) is 1. The summed E-state index contributed by atoms with van der Waals surface area (Å²) in [6.07, 6.45) is 1.19. The Hall–Kier alpha value is -2.72. The van der Waals surface area contributed by atoms with Gasteiger partial charge in [-0.05, 0) is 31.2 Å². The summed E-state index contributed by atoms with van der Waals surface area (Å²) in [5, 5.41) is 2.58. The highest BCUT2D eigenvalue weighted by Gasteiger charge is 2.22. The van der Waals surface area contributed by atoms with Crippen LogP contribution in [0.25, 0.3) is 11.4 Å². The molecule has 0 saturated carbocycles. The van der Waals surface area contributed by atoms with Crippen LogP contribution in [0.4, 0.5) is 16.3 Å². The fraction of sp³-hybridized carbons (Fsp3) is 0.450. The van der Waals surface area contributed by atoms with E-state index in [9.17, 15) is 13.2 Å². The van der Waals surface area contributed by atoms with Crippen molar-refractivity contribution in [1.82, 2.24) is 15.3 Å². The average Bonchev–Trinajstić information content (AvgIpc) is 2.71. The van der Waals surface area contributed by atoms with Crippen LogP contribution < -0.4 is 15.1 Å². The van der Waals surface area contributed by atoms with Crippen LogP contribution in [-0.4, -0.2) is 70.6 Å². The van der Waals surface area contributed by atoms with Gasteiger partial charge >= 0.3 is 6.03 Å². The van der Waals surface area contributed by atoms with E-state index in [2.05, 4.69) is 15.2 Å². The Bertz CT molecular complexity index is 1010. The van der Waals surface area contributed by atoms with Crippen molar-refractivity contribution < 1.29 is 17.9 Å². The summed E-state index contributed by atoms with van der Waals surface area (Å²) in [7, 11) is -0.00465. The van der Waals surface area contributed by atoms with Crippen LogP contribution in [-0.2, 0) is 20.3 Å². The molecule has 10 heteroatoms. The molecule has 1 atom stereocenters. The van der Waals surface area contributed by atoms with Gasteiger partial charge in [-0.1, -0.05) is 0 Å². The Morgan fingerprint density at radius 1 is 1.30 bits per heavy atom. The number of aromatic nitrogens is 2. The SMILES string of the molecule is CNC(=O)N(C)c1ccc(-c2nc(CS(C)(=O)=O)cc(N3CCOC[C@@H]3C)n2)cc1. The van der Waals surface area contributed by atoms with Gasteiger partial charge in [-0.3, -0.25) is 4.90 Å². The van der Waals surface area contributed by atoms with Gasteiger partial charge in [0, 0.05) is 44.2 Å². The molecule has 30 heavy (non-hydrogen) atoms. The highest BCUT2D eigenvalue weighted by atomic mass is 32.2. The molecule has 0 spiro atoms. The van der Waals surface area contributed by atoms with E-state index in [0.717, 1.165) is 5.56 Å². The molecule has 162 valence electrons. The third-order valence-electron chi connectivity index (χ3n) is 4.87. The largest absolute Gasteiger partial charge is 0.377 e. The van der Waals surface area contributed by atoms with E-state index in [0.29, 0.717) is 42.8 Å². The summed E-state index contributed by atoms with van der Waals surface area (Å²) in [6.45, 7) is 3.89. The average molecular weight is 434 g/mol. The van der Waals surface area contributed by atoms with Gasteiger partial charge in [0.1, 0.15) is 5.82 Å². The lowest BCUT2D eigenvalue weighted by molar-refractivity contribution is 0.0985. The minimum atomic E-state index is -3.25. The zero-order valence-corrected chi connectivity index (χ0v) is 18.4. The minimum absolute atomic E-state index is 0.121. The Morgan fingerprint density at radius 2 is 2.00 bits per heavy atom. The van der Waals surface area contributed by atoms with Gasteiger partial charge in [-0.25, -0.2) is 23.2 Å². The maximum Gasteiger partial charge on any atom is 0.321 e. The maximum atomic E-state index is 11.9. The quantitative estimate of drug-likeness (QED) is 0.765. The molecule has 1 saturated heterocycles. The molecule has 1 aromatic heterocycles. The minimum Gasteiger partial charge on any atom is -0.377 e. The lowest BCUT2D eigenvalue weighted by atomic mass is 10.1. The lowest BCUT2D eigenvalue weighted by Crippen LogP contribution is -2.44. The molecule has 1 N–H and O–H groups in total. The van der Waals surface area contributed by atoms with E-state index in [1.165, 1.54) is 11.2 Å². The van der Waals surface area contributed by atoms with Crippen molar-refractivity contribution in [3.05, 3.63) is 36.0 Å². The number of morpholine rings is 1. The second-order valence-electron chi connectivity index (χ2n) is 7.39. The van der Waals surface area contributed by atoms with Crippen molar-refractivity contribution in [2.75, 3.05) is 49.9 Å². The third kappa shape index (κ3) is 5.25. The van der Waals surface area contributed by atoms with Crippen LogP contribution in [0.15, 0.2) is 30.3 Å². The van der Waals surface area contributed by atoms with Gasteiger partial charge < -0.3 is 15.0 Å². The van der Waals surface area contributed by atoms with Crippen LogP contribution in [0.5, 0.6) is 0 Å². The van der Waals surface area contributed by atoms with Gasteiger partial charge in [0.15, 0.2) is 15.7 Å². The van der Waals surface area contributed by atoms with E-state index in [-0.39, 0.29) is 17.8 Å². The van der Waals surface area contributed by atoms with Crippen molar-refractivity contribution in [3.8, 4) is 11.4 Å². The van der Waals surface area contributed by atoms with Gasteiger partial charge in [0.25, 0.3) is 0 Å². The second-order valence-corrected chi connectivity index (χ2v) is 9.53. The molecule has 1 aliphatic rings. The number of sulfone groups is 1. The molecule has 2 amide bonds. The zero-order chi connectivity index (χ0) is 21.9. The first-order chi connectivity index (χ1) is 14.2. The predicted molar refractivity (Wildman–Crippen MR) is 117 cm³/mol. The van der Waals surface area contributed by atoms with Crippen LogP contribution in [0.2, 0.25) is 0 Å². The summed E-state index contributed by atoms with van der Waals surface area (Å²) < 4.78 is 29.3. The number of carbonyl (C=O) groups is 1. The van der Waals surface area contributed by atoms with Gasteiger partial charge in [0.2, 0.25) is 0 Å². The lowest BCUT2D eigenvalue weighted by Gasteiger charge is -2.34. The number of ether oxygens (including phenoxy) is 1. The number of carbonyl (C=O) groups excluding carboxylic acids is 1. The predicted octanol–water partition coefficient (Wildman–Crippen LogP) is 1.69. The maximum absolute atomic E-state index is 11.9. The summed E-state index contributed by atoms with van der Waals surface area (Å²) >= 11 is 0. The number of hydrogen-bond acceptors (Lipinski definition) is 7. The van der Waals surface area contributed by atoms with Crippen LogP contribution in [0.1, 0.15) is 12.6 Å². The first kappa shape index (κ1) is 22.0. The first-order valence-corrected chi connectivity index (χ1v) is 11.7. The second kappa shape index (κ2) is 8.97. The summed E-state index contributed by atoms with van der Waals surface area (Å²) in [4.78, 5) is 24.6. The van der Waals surface area contributed by atoms with E-state index in [1.54, 1.807) is 32.3 Å². The number of urea groups is 1. The fourth-order valence-electron chi connectivity index (χ4n) is 3.29. The molecule has 0 unspecified atom stereocenters. The van der Waals surface area contributed by atoms with E-state index in [4.69, 9.17) is 9.72 Å². The highest BCUT2D eigenvalue weighted by molar-refractivity contribution is 7.89. The van der Waals surface area contributed by atoms with Crippen molar-refractivity contribution >= 4 is 27.4 Å². The number of benzene rings is 1. The Balaban J connectivity index is 1.99. The summed E-state index contributed by atoms with van der Waals surface area (Å²) in [5.74, 6) is 0.964. The van der Waals surface area contributed by atoms with Crippen molar-refractivity contribution in [1.29, 1.82) is 0 Å². The normalized spacial score (nSPS) is 16.9. The molecule has 9 nitrogen and oxygen atoms in total.